The van der Waals surface area contributed by atoms with Crippen LogP contribution in [0.5, 0.6) is 5.88 Å². The highest BCUT2D eigenvalue weighted by atomic mass is 19.1. The van der Waals surface area contributed by atoms with Gasteiger partial charge in [-0.2, -0.15) is 4.98 Å². The van der Waals surface area contributed by atoms with Gasteiger partial charge in [-0.25, -0.2) is 9.37 Å². The maximum absolute atomic E-state index is 12.8. The van der Waals surface area contributed by atoms with Gasteiger partial charge in [-0.05, 0) is 43.5 Å². The van der Waals surface area contributed by atoms with Crippen molar-refractivity contribution in [3.8, 4) is 5.88 Å². The topological polar surface area (TPSA) is 67.3 Å². The minimum Gasteiger partial charge on any atom is -0.476 e. The van der Waals surface area contributed by atoms with E-state index in [9.17, 15) is 9.18 Å². The van der Waals surface area contributed by atoms with Crippen molar-refractivity contribution < 1.29 is 13.9 Å². The van der Waals surface area contributed by atoms with Crippen molar-refractivity contribution in [3.63, 3.8) is 0 Å². The summed E-state index contributed by atoms with van der Waals surface area (Å²) in [5.41, 5.74) is 0.758. The Kier molecular flexibility index (Phi) is 6.35. The molecule has 1 aromatic carbocycles. The van der Waals surface area contributed by atoms with Gasteiger partial charge in [-0.1, -0.05) is 12.1 Å². The van der Waals surface area contributed by atoms with Gasteiger partial charge in [0.2, 0.25) is 11.8 Å². The van der Waals surface area contributed by atoms with E-state index < -0.39 is 0 Å². The molecule has 1 N–H and O–H groups in total. The summed E-state index contributed by atoms with van der Waals surface area (Å²) < 4.78 is 18.5. The molecule has 0 unspecified atom stereocenters. The number of carbonyl (C=O) groups excluding carboxylic acids is 1. The Balaban J connectivity index is 1.44. The first kappa shape index (κ1) is 18.8. The molecule has 142 valence electrons. The summed E-state index contributed by atoms with van der Waals surface area (Å²) in [4.78, 5) is 22.8. The van der Waals surface area contributed by atoms with Crippen LogP contribution in [0.1, 0.15) is 24.2 Å². The molecule has 1 aliphatic rings. The molecule has 1 aromatic heterocycles. The number of benzene rings is 1. The van der Waals surface area contributed by atoms with Crippen molar-refractivity contribution in [1.82, 2.24) is 15.3 Å². The molecule has 1 fully saturated rings. The van der Waals surface area contributed by atoms with Crippen LogP contribution in [-0.4, -0.2) is 42.1 Å². The predicted molar refractivity (Wildman–Crippen MR) is 102 cm³/mol. The van der Waals surface area contributed by atoms with E-state index in [4.69, 9.17) is 4.74 Å². The molecule has 0 bridgehead atoms. The maximum Gasteiger partial charge on any atom is 0.244 e. The Morgan fingerprint density at radius 3 is 2.74 bits per heavy atom. The highest BCUT2D eigenvalue weighted by molar-refractivity contribution is 5.91. The number of carbonyl (C=O) groups is 1. The van der Waals surface area contributed by atoms with Gasteiger partial charge >= 0.3 is 0 Å². The molecule has 0 aliphatic carbocycles. The van der Waals surface area contributed by atoms with Crippen LogP contribution in [0.4, 0.5) is 10.2 Å². The van der Waals surface area contributed by atoms with Crippen LogP contribution in [0.15, 0.2) is 36.4 Å². The van der Waals surface area contributed by atoms with Gasteiger partial charge < -0.3 is 15.0 Å². The van der Waals surface area contributed by atoms with Crippen molar-refractivity contribution in [2.75, 3.05) is 31.1 Å². The molecule has 3 rings (SSSR count). The fourth-order valence-electron chi connectivity index (χ4n) is 2.84. The highest BCUT2D eigenvalue weighted by Gasteiger charge is 2.15. The van der Waals surface area contributed by atoms with Crippen LogP contribution < -0.4 is 15.0 Å². The molecule has 1 amide bonds. The molecule has 1 saturated heterocycles. The number of aryl methyl sites for hydroxylation is 1. The Morgan fingerprint density at radius 2 is 2.00 bits per heavy atom. The summed E-state index contributed by atoms with van der Waals surface area (Å²) in [6, 6.07) is 7.76. The fourth-order valence-corrected chi connectivity index (χ4v) is 2.84. The minimum absolute atomic E-state index is 0.237. The third-order valence-electron chi connectivity index (χ3n) is 4.18. The number of halogens is 1. The molecule has 0 radical (unpaired) electrons. The quantitative estimate of drug-likeness (QED) is 0.600. The Hall–Kier alpha value is -2.96. The molecule has 6 nitrogen and oxygen atoms in total. The molecule has 2 aromatic rings. The van der Waals surface area contributed by atoms with Crippen LogP contribution >= 0.6 is 0 Å². The fraction of sp³-hybridized carbons (Fsp3) is 0.350. The number of hydrogen-bond donors (Lipinski definition) is 1. The molecule has 0 saturated carbocycles. The van der Waals surface area contributed by atoms with Crippen LogP contribution in [0.2, 0.25) is 0 Å². The second-order valence-corrected chi connectivity index (χ2v) is 6.33. The standard InChI is InChI=1S/C20H23FN4O2/c1-15-23-18(25-11-2-3-12-25)14-20(24-15)27-13-10-22-19(26)9-6-16-4-7-17(21)8-5-16/h4-9,14H,2-3,10-13H2,1H3,(H,22,26). The first-order valence-corrected chi connectivity index (χ1v) is 9.05. The van der Waals surface area contributed by atoms with Gasteiger partial charge in [-0.3, -0.25) is 4.79 Å². The number of nitrogens with zero attached hydrogens (tertiary/aromatic N) is 3. The summed E-state index contributed by atoms with van der Waals surface area (Å²) in [5, 5.41) is 2.74. The molecule has 2 heterocycles. The second kappa shape index (κ2) is 9.12. The largest absolute Gasteiger partial charge is 0.476 e. The Morgan fingerprint density at radius 1 is 1.26 bits per heavy atom. The number of amides is 1. The lowest BCUT2D eigenvalue weighted by Crippen LogP contribution is -2.26. The third-order valence-corrected chi connectivity index (χ3v) is 4.18. The zero-order chi connectivity index (χ0) is 19.1. The molecule has 27 heavy (non-hydrogen) atoms. The van der Waals surface area contributed by atoms with E-state index in [-0.39, 0.29) is 11.7 Å². The van der Waals surface area contributed by atoms with Crippen molar-refractivity contribution in [2.24, 2.45) is 0 Å². The van der Waals surface area contributed by atoms with Gasteiger partial charge in [-0.15, -0.1) is 0 Å². The lowest BCUT2D eigenvalue weighted by atomic mass is 10.2. The van der Waals surface area contributed by atoms with Gasteiger partial charge in [0, 0.05) is 25.2 Å². The van der Waals surface area contributed by atoms with Crippen LogP contribution in [0, 0.1) is 12.7 Å². The van der Waals surface area contributed by atoms with E-state index in [2.05, 4.69) is 20.2 Å². The molecule has 0 spiro atoms. The van der Waals surface area contributed by atoms with Gasteiger partial charge in [0.1, 0.15) is 24.1 Å². The smallest absolute Gasteiger partial charge is 0.244 e. The van der Waals surface area contributed by atoms with Gasteiger partial charge in [0.15, 0.2) is 0 Å². The summed E-state index contributed by atoms with van der Waals surface area (Å²) in [6.45, 7) is 4.52. The lowest BCUT2D eigenvalue weighted by molar-refractivity contribution is -0.116. The first-order chi connectivity index (χ1) is 13.1. The molecular formula is C20H23FN4O2. The summed E-state index contributed by atoms with van der Waals surface area (Å²) in [7, 11) is 0. The van der Waals surface area contributed by atoms with Crippen molar-refractivity contribution in [2.45, 2.75) is 19.8 Å². The van der Waals surface area contributed by atoms with E-state index in [1.807, 2.05) is 13.0 Å². The van der Waals surface area contributed by atoms with Crippen molar-refractivity contribution >= 4 is 17.8 Å². The third kappa shape index (κ3) is 5.77. The summed E-state index contributed by atoms with van der Waals surface area (Å²) in [6.07, 6.45) is 5.40. The first-order valence-electron chi connectivity index (χ1n) is 9.05. The summed E-state index contributed by atoms with van der Waals surface area (Å²) in [5.74, 6) is 1.53. The van der Waals surface area contributed by atoms with Crippen molar-refractivity contribution in [1.29, 1.82) is 0 Å². The average Bonchev–Trinajstić information content (AvgIpc) is 3.19. The van der Waals surface area contributed by atoms with Crippen LogP contribution in [-0.2, 0) is 4.79 Å². The average molecular weight is 370 g/mol. The SMILES string of the molecule is Cc1nc(OCCNC(=O)C=Cc2ccc(F)cc2)cc(N2CCCC2)n1. The summed E-state index contributed by atoms with van der Waals surface area (Å²) >= 11 is 0. The van der Waals surface area contributed by atoms with Gasteiger partial charge in [0.25, 0.3) is 0 Å². The zero-order valence-corrected chi connectivity index (χ0v) is 15.3. The van der Waals surface area contributed by atoms with Gasteiger partial charge in [0.05, 0.1) is 6.54 Å². The maximum atomic E-state index is 12.8. The molecular weight excluding hydrogens is 347 g/mol. The monoisotopic (exact) mass is 370 g/mol. The number of aromatic nitrogens is 2. The normalized spacial score (nSPS) is 13.9. The molecule has 7 heteroatoms. The van der Waals surface area contributed by atoms with E-state index in [1.54, 1.807) is 18.2 Å². The highest BCUT2D eigenvalue weighted by Crippen LogP contribution is 2.21. The number of nitrogens with one attached hydrogen (secondary N) is 1. The Bertz CT molecular complexity index is 802. The second-order valence-electron chi connectivity index (χ2n) is 6.33. The van der Waals surface area contributed by atoms with E-state index in [1.165, 1.54) is 31.1 Å². The van der Waals surface area contributed by atoms with E-state index in [0.717, 1.165) is 24.5 Å². The minimum atomic E-state index is -0.304. The van der Waals surface area contributed by atoms with Crippen LogP contribution in [0.3, 0.4) is 0 Å². The molecule has 1 aliphatic heterocycles. The Labute approximate surface area is 158 Å². The number of hydrogen-bond acceptors (Lipinski definition) is 5. The van der Waals surface area contributed by atoms with E-state index >= 15 is 0 Å². The number of ether oxygens (including phenoxy) is 1. The predicted octanol–water partition coefficient (Wildman–Crippen LogP) is 2.73. The lowest BCUT2D eigenvalue weighted by Gasteiger charge is -2.17. The van der Waals surface area contributed by atoms with Crippen LogP contribution in [0.25, 0.3) is 6.08 Å². The van der Waals surface area contributed by atoms with E-state index in [0.29, 0.717) is 24.9 Å². The zero-order valence-electron chi connectivity index (χ0n) is 15.3. The number of rotatable bonds is 7. The molecule has 0 atom stereocenters. The van der Waals surface area contributed by atoms with Crippen molar-refractivity contribution in [3.05, 3.63) is 53.6 Å². The number of anilines is 1.